The lowest BCUT2D eigenvalue weighted by Gasteiger charge is -2.11. The predicted molar refractivity (Wildman–Crippen MR) is 118 cm³/mol. The summed E-state index contributed by atoms with van der Waals surface area (Å²) in [6.45, 7) is 2.71. The fourth-order valence-electron chi connectivity index (χ4n) is 3.01. The van der Waals surface area contributed by atoms with Gasteiger partial charge in [0, 0.05) is 23.7 Å². The molecular formula is C22H24F3N6O+. The van der Waals surface area contributed by atoms with Gasteiger partial charge in [-0.2, -0.15) is 13.2 Å². The van der Waals surface area contributed by atoms with Crippen LogP contribution in [0.2, 0.25) is 0 Å². The lowest BCUT2D eigenvalue weighted by Crippen LogP contribution is -2.83. The molecule has 0 unspecified atom stereocenters. The lowest BCUT2D eigenvalue weighted by atomic mass is 10.1. The van der Waals surface area contributed by atoms with E-state index in [-0.39, 0.29) is 0 Å². The third-order valence-corrected chi connectivity index (χ3v) is 4.53. The minimum Gasteiger partial charge on any atom is -0.329 e. The molecule has 2 aromatic heterocycles. The van der Waals surface area contributed by atoms with Gasteiger partial charge in [0.2, 0.25) is 0 Å². The van der Waals surface area contributed by atoms with Crippen LogP contribution in [0.4, 0.5) is 23.7 Å². The van der Waals surface area contributed by atoms with Gasteiger partial charge in [-0.25, -0.2) is 9.78 Å². The number of hydrogen-bond acceptors (Lipinski definition) is 3. The molecule has 7 nitrogen and oxygen atoms in total. The Morgan fingerprint density at radius 1 is 1.28 bits per heavy atom. The quantitative estimate of drug-likeness (QED) is 0.418. The molecule has 0 aliphatic carbocycles. The first-order valence-corrected chi connectivity index (χ1v) is 9.91. The number of imidazole rings is 1. The highest BCUT2D eigenvalue weighted by atomic mass is 19.4. The molecule has 3 rings (SSSR count). The Kier molecular flexibility index (Phi) is 6.94. The molecule has 0 spiro atoms. The molecule has 2 heterocycles. The summed E-state index contributed by atoms with van der Waals surface area (Å²) in [5, 5.41) is 13.9. The summed E-state index contributed by atoms with van der Waals surface area (Å²) in [4.78, 5) is 16.2. The Bertz CT molecular complexity index is 1150. The topological polar surface area (TPSA) is 98.9 Å². The molecule has 2 amide bonds. The van der Waals surface area contributed by atoms with Crippen molar-refractivity contribution in [3.63, 3.8) is 0 Å². The number of nitrogens with zero attached hydrogens (tertiary/aromatic N) is 2. The van der Waals surface area contributed by atoms with E-state index in [0.717, 1.165) is 22.4 Å². The highest BCUT2D eigenvalue weighted by Crippen LogP contribution is 2.25. The van der Waals surface area contributed by atoms with Gasteiger partial charge in [-0.15, -0.1) is 0 Å². The van der Waals surface area contributed by atoms with E-state index in [4.69, 9.17) is 5.41 Å². The van der Waals surface area contributed by atoms with Crippen LogP contribution in [0.3, 0.4) is 0 Å². The Labute approximate surface area is 182 Å². The standard InChI is InChI=1S/C22H23F3N6O/c1-14(2)27-11-17(10-26)15-6-7-31-19(12-28-20(31)9-15)16-4-3-5-18(8-16)30-21(32)29-13-22(23,24)25/h3-12,14,26-27H,13H2,1-2H3,(H2,29,30,32)/p+1/b17-11+,26-10?. The minimum absolute atomic E-state index is 0.354. The van der Waals surface area contributed by atoms with E-state index in [1.54, 1.807) is 29.7 Å². The minimum atomic E-state index is -4.48. The number of halogens is 3. The lowest BCUT2D eigenvalue weighted by molar-refractivity contribution is -0.618. The summed E-state index contributed by atoms with van der Waals surface area (Å²) in [5.74, 6) is 0. The van der Waals surface area contributed by atoms with E-state index < -0.39 is 18.8 Å². The third-order valence-electron chi connectivity index (χ3n) is 4.53. The molecule has 0 atom stereocenters. The maximum absolute atomic E-state index is 12.3. The molecule has 0 fully saturated rings. The van der Waals surface area contributed by atoms with Crippen LogP contribution in [0.15, 0.2) is 55.0 Å². The third kappa shape index (κ3) is 5.94. The number of allylic oxidation sites excluding steroid dienone is 1. The summed E-state index contributed by atoms with van der Waals surface area (Å²) < 4.78 is 38.6. The fourth-order valence-corrected chi connectivity index (χ4v) is 3.01. The van der Waals surface area contributed by atoms with Crippen LogP contribution in [0.25, 0.3) is 22.5 Å². The number of hydrogen-bond donors (Lipinski definition) is 4. The van der Waals surface area contributed by atoms with Gasteiger partial charge in [-0.3, -0.25) is 4.40 Å². The molecule has 0 aliphatic rings. The number of carbonyl (C=O) groups is 1. The van der Waals surface area contributed by atoms with Crippen molar-refractivity contribution < 1.29 is 23.3 Å². The van der Waals surface area contributed by atoms with Crippen molar-refractivity contribution >= 4 is 29.2 Å². The van der Waals surface area contributed by atoms with Crippen LogP contribution in [-0.4, -0.2) is 40.4 Å². The summed E-state index contributed by atoms with van der Waals surface area (Å²) in [6, 6.07) is 9.94. The molecule has 0 aliphatic heterocycles. The number of amides is 2. The number of quaternary nitrogens is 1. The van der Waals surface area contributed by atoms with E-state index in [2.05, 4.69) is 24.1 Å². The van der Waals surface area contributed by atoms with Crippen molar-refractivity contribution in [3.05, 3.63) is 60.6 Å². The van der Waals surface area contributed by atoms with Gasteiger partial charge in [-0.05, 0) is 43.7 Å². The van der Waals surface area contributed by atoms with Crippen LogP contribution in [0.1, 0.15) is 19.4 Å². The van der Waals surface area contributed by atoms with Crippen molar-refractivity contribution in [2.75, 3.05) is 11.9 Å². The van der Waals surface area contributed by atoms with E-state index >= 15 is 0 Å². The molecule has 0 saturated heterocycles. The number of anilines is 1. The van der Waals surface area contributed by atoms with Crippen molar-refractivity contribution in [3.8, 4) is 11.3 Å². The second-order valence-electron chi connectivity index (χ2n) is 7.49. The average molecular weight is 445 g/mol. The number of pyridine rings is 1. The Hall–Kier alpha value is -3.66. The Morgan fingerprint density at radius 2 is 2.06 bits per heavy atom. The zero-order valence-electron chi connectivity index (χ0n) is 17.6. The predicted octanol–water partition coefficient (Wildman–Crippen LogP) is 3.65. The maximum Gasteiger partial charge on any atom is 0.405 e. The number of rotatable bonds is 7. The van der Waals surface area contributed by atoms with Crippen LogP contribution < -0.4 is 16.0 Å². The van der Waals surface area contributed by atoms with Gasteiger partial charge < -0.3 is 21.4 Å². The largest absolute Gasteiger partial charge is 0.405 e. The molecule has 1 aromatic carbocycles. The van der Waals surface area contributed by atoms with Crippen LogP contribution in [0.5, 0.6) is 0 Å². The monoisotopic (exact) mass is 445 g/mol. The smallest absolute Gasteiger partial charge is 0.329 e. The zero-order valence-corrected chi connectivity index (χ0v) is 17.6. The van der Waals surface area contributed by atoms with E-state index in [1.165, 1.54) is 6.21 Å². The van der Waals surface area contributed by atoms with E-state index in [0.29, 0.717) is 17.4 Å². The second-order valence-corrected chi connectivity index (χ2v) is 7.49. The second kappa shape index (κ2) is 9.65. The molecule has 0 radical (unpaired) electrons. The van der Waals surface area contributed by atoms with E-state index in [9.17, 15) is 18.0 Å². The number of nitrogens with two attached hydrogens (primary N) is 1. The SMILES string of the molecule is CC(C)[NH2+]/C=C(\C=N)c1ccn2c(-c3cccc(NC(=O)NCC(F)(F)F)c3)cnc2c1. The number of alkyl halides is 3. The number of benzene rings is 1. The highest BCUT2D eigenvalue weighted by Gasteiger charge is 2.27. The maximum atomic E-state index is 12.3. The summed E-state index contributed by atoms with van der Waals surface area (Å²) in [6.07, 6.45) is 2.25. The molecule has 3 aromatic rings. The molecule has 10 heteroatoms. The Morgan fingerprint density at radius 3 is 2.75 bits per heavy atom. The fraction of sp³-hybridized carbons (Fsp3) is 0.227. The summed E-state index contributed by atoms with van der Waals surface area (Å²) in [7, 11) is 0. The number of nitrogens with one attached hydrogen (secondary N) is 3. The first kappa shape index (κ1) is 23.0. The van der Waals surface area contributed by atoms with Crippen LogP contribution >= 0.6 is 0 Å². The van der Waals surface area contributed by atoms with Gasteiger partial charge in [0.25, 0.3) is 0 Å². The average Bonchev–Trinajstić information content (AvgIpc) is 3.16. The summed E-state index contributed by atoms with van der Waals surface area (Å²) in [5.41, 5.74) is 4.14. The van der Waals surface area contributed by atoms with Gasteiger partial charge in [0.1, 0.15) is 18.4 Å². The molecule has 0 bridgehead atoms. The van der Waals surface area contributed by atoms with Gasteiger partial charge in [0.05, 0.1) is 23.5 Å². The molecular weight excluding hydrogens is 421 g/mol. The van der Waals surface area contributed by atoms with Crippen molar-refractivity contribution in [1.29, 1.82) is 5.41 Å². The zero-order chi connectivity index (χ0) is 23.3. The normalized spacial score (nSPS) is 12.2. The van der Waals surface area contributed by atoms with E-state index in [1.807, 2.05) is 40.3 Å². The van der Waals surface area contributed by atoms with Crippen LogP contribution in [0, 0.1) is 5.41 Å². The molecule has 32 heavy (non-hydrogen) atoms. The van der Waals surface area contributed by atoms with Gasteiger partial charge >= 0.3 is 12.2 Å². The first-order valence-electron chi connectivity index (χ1n) is 9.91. The number of urea groups is 1. The van der Waals surface area contributed by atoms with Crippen LogP contribution in [-0.2, 0) is 0 Å². The number of carbonyl (C=O) groups excluding carboxylic acids is 1. The number of aromatic nitrogens is 2. The highest BCUT2D eigenvalue weighted by molar-refractivity contribution is 6.08. The molecule has 5 N–H and O–H groups in total. The molecule has 168 valence electrons. The van der Waals surface area contributed by atoms with Crippen molar-refractivity contribution in [2.45, 2.75) is 26.1 Å². The van der Waals surface area contributed by atoms with Crippen molar-refractivity contribution in [1.82, 2.24) is 14.7 Å². The first-order chi connectivity index (χ1) is 15.2. The van der Waals surface area contributed by atoms with Gasteiger partial charge in [0.15, 0.2) is 0 Å². The number of fused-ring (bicyclic) bond motifs is 1. The summed E-state index contributed by atoms with van der Waals surface area (Å²) >= 11 is 0. The van der Waals surface area contributed by atoms with Gasteiger partial charge in [-0.1, -0.05) is 12.1 Å². The Balaban J connectivity index is 1.83. The molecule has 0 saturated carbocycles. The van der Waals surface area contributed by atoms with Crippen molar-refractivity contribution in [2.24, 2.45) is 0 Å².